The van der Waals surface area contributed by atoms with Crippen LogP contribution in [0.15, 0.2) is 23.4 Å². The number of imidazole rings is 1. The molecule has 3 heterocycles. The highest BCUT2D eigenvalue weighted by atomic mass is 16.5. The lowest BCUT2D eigenvalue weighted by Gasteiger charge is -2.06. The van der Waals surface area contributed by atoms with Gasteiger partial charge in [0.15, 0.2) is 11.3 Å². The second-order valence-electron chi connectivity index (χ2n) is 5.32. The maximum Gasteiger partial charge on any atom is 0.328 e. The standard InChI is InChI=1S/C14H16N6O2/c1-8(2)7-20-12-11(19-14(20)21)15-6-10(18-12)9-4-16-13(22-3)17-5-9/h4-6,8H,7H2,1-3H3,(H,15,19,21). The molecule has 22 heavy (non-hydrogen) atoms. The van der Waals surface area contributed by atoms with Gasteiger partial charge in [0, 0.05) is 24.5 Å². The number of methoxy groups -OCH3 is 1. The van der Waals surface area contributed by atoms with Crippen LogP contribution >= 0.6 is 0 Å². The lowest BCUT2D eigenvalue weighted by molar-refractivity contribution is 0.380. The molecule has 0 aromatic carbocycles. The molecule has 0 unspecified atom stereocenters. The first-order chi connectivity index (χ1) is 10.6. The summed E-state index contributed by atoms with van der Waals surface area (Å²) in [4.78, 5) is 31.6. The van der Waals surface area contributed by atoms with E-state index in [2.05, 4.69) is 24.9 Å². The highest BCUT2D eigenvalue weighted by molar-refractivity contribution is 5.70. The summed E-state index contributed by atoms with van der Waals surface area (Å²) in [5.41, 5.74) is 2.12. The fourth-order valence-corrected chi connectivity index (χ4v) is 2.15. The highest BCUT2D eigenvalue weighted by Gasteiger charge is 2.12. The van der Waals surface area contributed by atoms with Gasteiger partial charge in [-0.1, -0.05) is 13.8 Å². The number of hydrogen-bond donors (Lipinski definition) is 1. The van der Waals surface area contributed by atoms with Crippen LogP contribution in [0.4, 0.5) is 0 Å². The number of rotatable bonds is 4. The first-order valence-corrected chi connectivity index (χ1v) is 6.90. The molecule has 0 radical (unpaired) electrons. The molecule has 0 spiro atoms. The third-order valence-corrected chi connectivity index (χ3v) is 3.13. The fourth-order valence-electron chi connectivity index (χ4n) is 2.15. The normalized spacial score (nSPS) is 11.3. The Bertz CT molecular complexity index is 850. The van der Waals surface area contributed by atoms with Gasteiger partial charge in [-0.15, -0.1) is 0 Å². The predicted molar refractivity (Wildman–Crippen MR) is 80.6 cm³/mol. The Balaban J connectivity index is 2.09. The number of aromatic nitrogens is 6. The van der Waals surface area contributed by atoms with Crippen molar-refractivity contribution in [2.45, 2.75) is 20.4 Å². The first-order valence-electron chi connectivity index (χ1n) is 6.90. The summed E-state index contributed by atoms with van der Waals surface area (Å²) in [5, 5.41) is 0. The number of fused-ring (bicyclic) bond motifs is 1. The molecule has 3 rings (SSSR count). The lowest BCUT2D eigenvalue weighted by Crippen LogP contribution is -2.19. The van der Waals surface area contributed by atoms with E-state index >= 15 is 0 Å². The summed E-state index contributed by atoms with van der Waals surface area (Å²) in [6, 6.07) is 0.288. The van der Waals surface area contributed by atoms with E-state index in [0.29, 0.717) is 35.0 Å². The van der Waals surface area contributed by atoms with Gasteiger partial charge in [0.25, 0.3) is 0 Å². The molecule has 1 N–H and O–H groups in total. The van der Waals surface area contributed by atoms with E-state index in [9.17, 15) is 4.79 Å². The van der Waals surface area contributed by atoms with Crippen molar-refractivity contribution in [3.8, 4) is 17.3 Å². The maximum atomic E-state index is 12.0. The molecule has 0 fully saturated rings. The third-order valence-electron chi connectivity index (χ3n) is 3.13. The average molecular weight is 300 g/mol. The molecule has 8 heteroatoms. The Morgan fingerprint density at radius 3 is 2.59 bits per heavy atom. The number of H-pyrrole nitrogens is 1. The van der Waals surface area contributed by atoms with Gasteiger partial charge in [-0.2, -0.15) is 0 Å². The van der Waals surface area contributed by atoms with Crippen molar-refractivity contribution < 1.29 is 4.74 Å². The molecule has 0 bridgehead atoms. The van der Waals surface area contributed by atoms with E-state index in [1.807, 2.05) is 13.8 Å². The van der Waals surface area contributed by atoms with Crippen LogP contribution in [-0.2, 0) is 6.54 Å². The molecule has 0 aliphatic carbocycles. The number of aromatic amines is 1. The Hall–Kier alpha value is -2.77. The second kappa shape index (κ2) is 5.55. The van der Waals surface area contributed by atoms with Gasteiger partial charge in [-0.3, -0.25) is 9.55 Å². The minimum Gasteiger partial charge on any atom is -0.467 e. The number of hydrogen-bond acceptors (Lipinski definition) is 6. The number of nitrogens with zero attached hydrogens (tertiary/aromatic N) is 5. The van der Waals surface area contributed by atoms with Crippen LogP contribution < -0.4 is 10.4 Å². The average Bonchev–Trinajstić information content (AvgIpc) is 2.82. The van der Waals surface area contributed by atoms with Crippen molar-refractivity contribution >= 4 is 11.3 Å². The van der Waals surface area contributed by atoms with Crippen LogP contribution in [0.2, 0.25) is 0 Å². The zero-order valence-corrected chi connectivity index (χ0v) is 12.6. The van der Waals surface area contributed by atoms with E-state index in [1.54, 1.807) is 23.2 Å². The Kier molecular flexibility index (Phi) is 3.58. The minimum atomic E-state index is -0.202. The Labute approximate surface area is 126 Å². The topological polar surface area (TPSA) is 98.6 Å². The van der Waals surface area contributed by atoms with E-state index in [-0.39, 0.29) is 11.7 Å². The van der Waals surface area contributed by atoms with Gasteiger partial charge < -0.3 is 4.74 Å². The summed E-state index contributed by atoms with van der Waals surface area (Å²) >= 11 is 0. The maximum absolute atomic E-state index is 12.0. The molecule has 114 valence electrons. The Morgan fingerprint density at radius 1 is 1.23 bits per heavy atom. The van der Waals surface area contributed by atoms with Crippen molar-refractivity contribution in [1.29, 1.82) is 0 Å². The van der Waals surface area contributed by atoms with Gasteiger partial charge in [0.2, 0.25) is 0 Å². The van der Waals surface area contributed by atoms with Gasteiger partial charge in [-0.25, -0.2) is 24.7 Å². The smallest absolute Gasteiger partial charge is 0.328 e. The van der Waals surface area contributed by atoms with Crippen LogP contribution in [0.3, 0.4) is 0 Å². The molecule has 0 atom stereocenters. The lowest BCUT2D eigenvalue weighted by atomic mass is 10.2. The summed E-state index contributed by atoms with van der Waals surface area (Å²) in [6.45, 7) is 4.66. The summed E-state index contributed by atoms with van der Waals surface area (Å²) < 4.78 is 6.53. The van der Waals surface area contributed by atoms with Crippen molar-refractivity contribution in [2.75, 3.05) is 7.11 Å². The summed E-state index contributed by atoms with van der Waals surface area (Å²) in [5.74, 6) is 0.325. The molecular weight excluding hydrogens is 284 g/mol. The van der Waals surface area contributed by atoms with E-state index in [1.165, 1.54) is 7.11 Å². The van der Waals surface area contributed by atoms with Crippen molar-refractivity contribution in [2.24, 2.45) is 5.92 Å². The zero-order valence-electron chi connectivity index (χ0n) is 12.6. The van der Waals surface area contributed by atoms with Crippen LogP contribution in [0.25, 0.3) is 22.6 Å². The van der Waals surface area contributed by atoms with Crippen LogP contribution in [0, 0.1) is 5.92 Å². The third kappa shape index (κ3) is 2.54. The molecule has 0 saturated carbocycles. The van der Waals surface area contributed by atoms with Gasteiger partial charge in [0.1, 0.15) is 0 Å². The molecule has 0 amide bonds. The number of nitrogens with one attached hydrogen (secondary N) is 1. The van der Waals surface area contributed by atoms with Gasteiger partial charge in [0.05, 0.1) is 19.0 Å². The van der Waals surface area contributed by atoms with Gasteiger partial charge in [-0.05, 0) is 5.92 Å². The monoisotopic (exact) mass is 300 g/mol. The van der Waals surface area contributed by atoms with Crippen LogP contribution in [-0.4, -0.2) is 36.6 Å². The number of ether oxygens (including phenoxy) is 1. The largest absolute Gasteiger partial charge is 0.467 e. The first kappa shape index (κ1) is 14.2. The van der Waals surface area contributed by atoms with Crippen molar-refractivity contribution in [3.05, 3.63) is 29.1 Å². The molecule has 0 saturated heterocycles. The minimum absolute atomic E-state index is 0.202. The second-order valence-corrected chi connectivity index (χ2v) is 5.32. The van der Waals surface area contributed by atoms with E-state index in [0.717, 1.165) is 0 Å². The van der Waals surface area contributed by atoms with Crippen LogP contribution in [0.1, 0.15) is 13.8 Å². The SMILES string of the molecule is COc1ncc(-c2cnc3[nH]c(=O)n(CC(C)C)c3n2)cn1. The van der Waals surface area contributed by atoms with E-state index < -0.39 is 0 Å². The van der Waals surface area contributed by atoms with Crippen molar-refractivity contribution in [3.63, 3.8) is 0 Å². The highest BCUT2D eigenvalue weighted by Crippen LogP contribution is 2.17. The molecule has 8 nitrogen and oxygen atoms in total. The molecular formula is C14H16N6O2. The summed E-state index contributed by atoms with van der Waals surface area (Å²) in [6.07, 6.45) is 4.81. The summed E-state index contributed by atoms with van der Waals surface area (Å²) in [7, 11) is 1.51. The molecule has 0 aliphatic heterocycles. The predicted octanol–water partition coefficient (Wildman–Crippen LogP) is 1.24. The molecule has 3 aromatic rings. The van der Waals surface area contributed by atoms with Crippen molar-refractivity contribution in [1.82, 2.24) is 29.5 Å². The van der Waals surface area contributed by atoms with E-state index in [4.69, 9.17) is 4.74 Å². The van der Waals surface area contributed by atoms with Gasteiger partial charge >= 0.3 is 11.7 Å². The molecule has 3 aromatic heterocycles. The zero-order chi connectivity index (χ0) is 15.7. The fraction of sp³-hybridized carbons (Fsp3) is 0.357. The quantitative estimate of drug-likeness (QED) is 0.778. The Morgan fingerprint density at radius 2 is 1.95 bits per heavy atom. The molecule has 0 aliphatic rings. The van der Waals surface area contributed by atoms with Crippen LogP contribution in [0.5, 0.6) is 6.01 Å².